The Hall–Kier alpha value is -2.82. The highest BCUT2D eigenvalue weighted by molar-refractivity contribution is 5.88. The van der Waals surface area contributed by atoms with Crippen molar-refractivity contribution in [3.63, 3.8) is 0 Å². The third-order valence-corrected chi connectivity index (χ3v) is 5.29. The highest BCUT2D eigenvalue weighted by Gasteiger charge is 2.20. The molecule has 27 heavy (non-hydrogen) atoms. The Morgan fingerprint density at radius 1 is 1.00 bits per heavy atom. The number of piperidine rings is 1. The first-order chi connectivity index (χ1) is 13.1. The Bertz CT molecular complexity index is 795. The molecule has 0 aliphatic carbocycles. The maximum Gasteiger partial charge on any atom is 0.335 e. The highest BCUT2D eigenvalue weighted by Crippen LogP contribution is 2.28. The molecule has 5 heteroatoms. The molecule has 1 fully saturated rings. The molecule has 0 bridgehead atoms. The Balaban J connectivity index is 1.75. The van der Waals surface area contributed by atoms with Gasteiger partial charge in [-0.25, -0.2) is 4.79 Å². The summed E-state index contributed by atoms with van der Waals surface area (Å²) in [5, 5.41) is 9.03. The number of aryl methyl sites for hydroxylation is 1. The van der Waals surface area contributed by atoms with E-state index in [0.29, 0.717) is 6.42 Å². The zero-order valence-corrected chi connectivity index (χ0v) is 15.4. The summed E-state index contributed by atoms with van der Waals surface area (Å²) in [7, 11) is 0. The lowest BCUT2D eigenvalue weighted by Gasteiger charge is -2.31. The van der Waals surface area contributed by atoms with Gasteiger partial charge in [-0.2, -0.15) is 0 Å². The molecule has 1 heterocycles. The van der Waals surface area contributed by atoms with Crippen molar-refractivity contribution in [3.8, 4) is 0 Å². The number of para-hydroxylation sites is 1. The van der Waals surface area contributed by atoms with Crippen molar-refractivity contribution in [2.75, 3.05) is 18.0 Å². The summed E-state index contributed by atoms with van der Waals surface area (Å²) < 4.78 is 0. The predicted octanol–water partition coefficient (Wildman–Crippen LogP) is 3.58. The first kappa shape index (κ1) is 19.0. The van der Waals surface area contributed by atoms with E-state index in [-0.39, 0.29) is 11.5 Å². The zero-order chi connectivity index (χ0) is 19.2. The van der Waals surface area contributed by atoms with E-state index in [2.05, 4.69) is 23.1 Å². The molecule has 0 radical (unpaired) electrons. The van der Waals surface area contributed by atoms with Crippen LogP contribution in [0.15, 0.2) is 48.5 Å². The molecule has 142 valence electrons. The molecule has 0 saturated carbocycles. The van der Waals surface area contributed by atoms with Crippen LogP contribution in [0.4, 0.5) is 5.69 Å². The predicted molar refractivity (Wildman–Crippen MR) is 106 cm³/mol. The Kier molecular flexibility index (Phi) is 6.12. The van der Waals surface area contributed by atoms with Gasteiger partial charge in [0.1, 0.15) is 0 Å². The van der Waals surface area contributed by atoms with Crippen LogP contribution in [0, 0.1) is 0 Å². The molecule has 3 rings (SSSR count). The number of anilines is 1. The zero-order valence-electron chi connectivity index (χ0n) is 15.4. The number of primary amides is 1. The summed E-state index contributed by atoms with van der Waals surface area (Å²) in [6.45, 7) is 2.15. The summed E-state index contributed by atoms with van der Waals surface area (Å²) in [5.74, 6) is -1.79. The summed E-state index contributed by atoms with van der Waals surface area (Å²) in [6.07, 6.45) is 5.07. The number of nitrogens with two attached hydrogens (primary N) is 1. The van der Waals surface area contributed by atoms with Crippen LogP contribution in [-0.2, 0) is 11.2 Å². The van der Waals surface area contributed by atoms with E-state index in [4.69, 9.17) is 10.8 Å². The molecule has 2 aromatic carbocycles. The van der Waals surface area contributed by atoms with Crippen LogP contribution in [-0.4, -0.2) is 30.1 Å². The standard InChI is InChI=1S/C22H26N2O3/c23-21(25)19(16-8-10-18(11-9-16)22(26)27)13-12-17-6-2-3-7-20(17)24-14-4-1-5-15-24/h2-3,6-11,19H,1,4-5,12-15H2,(H2,23,25)(H,26,27). The van der Waals surface area contributed by atoms with Crippen molar-refractivity contribution in [1.82, 2.24) is 0 Å². The van der Waals surface area contributed by atoms with Gasteiger partial charge in [-0.3, -0.25) is 4.79 Å². The van der Waals surface area contributed by atoms with Gasteiger partial charge in [-0.15, -0.1) is 0 Å². The molecule has 0 spiro atoms. The van der Waals surface area contributed by atoms with E-state index in [0.717, 1.165) is 25.1 Å². The van der Waals surface area contributed by atoms with E-state index < -0.39 is 11.9 Å². The van der Waals surface area contributed by atoms with E-state index in [1.54, 1.807) is 12.1 Å². The topological polar surface area (TPSA) is 83.6 Å². The second-order valence-corrected chi connectivity index (χ2v) is 7.10. The number of benzene rings is 2. The van der Waals surface area contributed by atoms with E-state index in [9.17, 15) is 9.59 Å². The molecule has 3 N–H and O–H groups in total. The van der Waals surface area contributed by atoms with Crippen LogP contribution in [0.1, 0.15) is 53.1 Å². The average molecular weight is 366 g/mol. The third-order valence-electron chi connectivity index (χ3n) is 5.29. The highest BCUT2D eigenvalue weighted by atomic mass is 16.4. The van der Waals surface area contributed by atoms with Crippen LogP contribution < -0.4 is 10.6 Å². The van der Waals surface area contributed by atoms with Crippen molar-refractivity contribution in [2.24, 2.45) is 5.73 Å². The molecule has 5 nitrogen and oxygen atoms in total. The van der Waals surface area contributed by atoms with Gasteiger partial charge in [-0.05, 0) is 61.4 Å². The quantitative estimate of drug-likeness (QED) is 0.784. The SMILES string of the molecule is NC(=O)C(CCc1ccccc1N1CCCCC1)c1ccc(C(=O)O)cc1. The third kappa shape index (κ3) is 4.67. The first-order valence-electron chi connectivity index (χ1n) is 9.51. The van der Waals surface area contributed by atoms with Gasteiger partial charge >= 0.3 is 5.97 Å². The summed E-state index contributed by atoms with van der Waals surface area (Å²) >= 11 is 0. The minimum atomic E-state index is -0.979. The normalized spacial score (nSPS) is 15.3. The number of carbonyl (C=O) groups excluding carboxylic acids is 1. The lowest BCUT2D eigenvalue weighted by molar-refractivity contribution is -0.119. The van der Waals surface area contributed by atoms with E-state index in [1.165, 1.54) is 42.6 Å². The number of carboxylic acid groups (broad SMARTS) is 1. The summed E-state index contributed by atoms with van der Waals surface area (Å²) in [5.41, 5.74) is 9.10. The molecule has 1 aliphatic heterocycles. The van der Waals surface area contributed by atoms with Gasteiger partial charge < -0.3 is 15.7 Å². The molecular weight excluding hydrogens is 340 g/mol. The van der Waals surface area contributed by atoms with Crippen LogP contribution in [0.3, 0.4) is 0 Å². The lowest BCUT2D eigenvalue weighted by atomic mass is 9.90. The number of rotatable bonds is 7. The van der Waals surface area contributed by atoms with Crippen LogP contribution in [0.25, 0.3) is 0 Å². The van der Waals surface area contributed by atoms with Gasteiger partial charge in [0, 0.05) is 18.8 Å². The van der Waals surface area contributed by atoms with Gasteiger partial charge in [0.25, 0.3) is 0 Å². The second-order valence-electron chi connectivity index (χ2n) is 7.10. The number of hydrogen-bond acceptors (Lipinski definition) is 3. The lowest BCUT2D eigenvalue weighted by Crippen LogP contribution is -2.30. The Morgan fingerprint density at radius 2 is 1.67 bits per heavy atom. The molecule has 1 amide bonds. The van der Waals surface area contributed by atoms with Gasteiger partial charge in [-0.1, -0.05) is 30.3 Å². The summed E-state index contributed by atoms with van der Waals surface area (Å²) in [6, 6.07) is 14.8. The molecule has 1 unspecified atom stereocenters. The van der Waals surface area contributed by atoms with Gasteiger partial charge in [0.15, 0.2) is 0 Å². The molecule has 0 aromatic heterocycles. The molecular formula is C22H26N2O3. The molecule has 1 aliphatic rings. The van der Waals surface area contributed by atoms with Crippen molar-refractivity contribution >= 4 is 17.6 Å². The second kappa shape index (κ2) is 8.71. The fourth-order valence-corrected chi connectivity index (χ4v) is 3.80. The number of carbonyl (C=O) groups is 2. The number of hydrogen-bond donors (Lipinski definition) is 2. The number of nitrogens with zero attached hydrogens (tertiary/aromatic N) is 1. The van der Waals surface area contributed by atoms with Crippen molar-refractivity contribution < 1.29 is 14.7 Å². The largest absolute Gasteiger partial charge is 0.478 e. The van der Waals surface area contributed by atoms with Crippen molar-refractivity contribution in [3.05, 3.63) is 65.2 Å². The van der Waals surface area contributed by atoms with Crippen LogP contribution in [0.5, 0.6) is 0 Å². The van der Waals surface area contributed by atoms with Crippen LogP contribution in [0.2, 0.25) is 0 Å². The average Bonchev–Trinajstić information content (AvgIpc) is 2.69. The van der Waals surface area contributed by atoms with Crippen molar-refractivity contribution in [2.45, 2.75) is 38.0 Å². The van der Waals surface area contributed by atoms with Crippen molar-refractivity contribution in [1.29, 1.82) is 0 Å². The van der Waals surface area contributed by atoms with Crippen LogP contribution >= 0.6 is 0 Å². The Labute approximate surface area is 159 Å². The summed E-state index contributed by atoms with van der Waals surface area (Å²) in [4.78, 5) is 25.5. The minimum Gasteiger partial charge on any atom is -0.478 e. The smallest absolute Gasteiger partial charge is 0.335 e. The van der Waals surface area contributed by atoms with Gasteiger partial charge in [0.2, 0.25) is 5.91 Å². The fourth-order valence-electron chi connectivity index (χ4n) is 3.80. The monoisotopic (exact) mass is 366 g/mol. The van der Waals surface area contributed by atoms with E-state index in [1.807, 2.05) is 6.07 Å². The molecule has 2 aromatic rings. The molecule has 1 atom stereocenters. The van der Waals surface area contributed by atoms with E-state index >= 15 is 0 Å². The number of aromatic carboxylic acids is 1. The Morgan fingerprint density at radius 3 is 2.30 bits per heavy atom. The maximum atomic E-state index is 12.0. The fraction of sp³-hybridized carbons (Fsp3) is 0.364. The first-order valence-corrected chi connectivity index (χ1v) is 9.51. The number of amides is 1. The van der Waals surface area contributed by atoms with Gasteiger partial charge in [0.05, 0.1) is 11.5 Å². The minimum absolute atomic E-state index is 0.206. The molecule has 1 saturated heterocycles. The number of carboxylic acids is 1. The maximum absolute atomic E-state index is 12.0.